The molecular formula is C13H22N4. The molecule has 0 saturated heterocycles. The molecule has 1 aliphatic rings. The highest BCUT2D eigenvalue weighted by molar-refractivity contribution is 5.44. The normalized spacial score (nSPS) is 15.3. The van der Waals surface area contributed by atoms with Gasteiger partial charge in [-0.25, -0.2) is 9.97 Å². The number of anilines is 1. The molecule has 0 aliphatic heterocycles. The zero-order chi connectivity index (χ0) is 12.3. The lowest BCUT2D eigenvalue weighted by Gasteiger charge is -2.22. The van der Waals surface area contributed by atoms with Crippen LogP contribution in [-0.2, 0) is 6.54 Å². The van der Waals surface area contributed by atoms with Crippen LogP contribution in [0.2, 0.25) is 0 Å². The summed E-state index contributed by atoms with van der Waals surface area (Å²) in [6.07, 6.45) is 6.18. The Morgan fingerprint density at radius 1 is 1.47 bits per heavy atom. The fraction of sp³-hybridized carbons (Fsp3) is 0.692. The van der Waals surface area contributed by atoms with E-state index in [1.807, 2.05) is 6.20 Å². The Morgan fingerprint density at radius 2 is 2.24 bits per heavy atom. The molecule has 1 aromatic heterocycles. The van der Waals surface area contributed by atoms with Gasteiger partial charge in [-0.05, 0) is 18.8 Å². The molecule has 1 saturated carbocycles. The Bertz CT molecular complexity index is 360. The molecule has 1 aliphatic carbocycles. The van der Waals surface area contributed by atoms with Crippen LogP contribution in [0.5, 0.6) is 0 Å². The smallest absolute Gasteiger partial charge is 0.136 e. The van der Waals surface area contributed by atoms with Crippen molar-refractivity contribution in [3.05, 3.63) is 18.1 Å². The summed E-state index contributed by atoms with van der Waals surface area (Å²) < 4.78 is 0. The van der Waals surface area contributed by atoms with Crippen LogP contribution in [0, 0.1) is 5.92 Å². The van der Waals surface area contributed by atoms with Crippen LogP contribution in [-0.4, -0.2) is 29.6 Å². The molecule has 0 atom stereocenters. The van der Waals surface area contributed by atoms with Crippen LogP contribution < -0.4 is 10.2 Å². The minimum atomic E-state index is 0.638. The lowest BCUT2D eigenvalue weighted by Crippen LogP contribution is -2.26. The van der Waals surface area contributed by atoms with Crippen molar-refractivity contribution in [1.29, 1.82) is 0 Å². The molecule has 1 heterocycles. The maximum absolute atomic E-state index is 4.40. The van der Waals surface area contributed by atoms with Gasteiger partial charge in [0.15, 0.2) is 0 Å². The van der Waals surface area contributed by atoms with E-state index in [1.165, 1.54) is 18.4 Å². The van der Waals surface area contributed by atoms with Crippen molar-refractivity contribution in [2.45, 2.75) is 39.3 Å². The lowest BCUT2D eigenvalue weighted by molar-refractivity contribution is 0.626. The third-order valence-corrected chi connectivity index (χ3v) is 2.92. The summed E-state index contributed by atoms with van der Waals surface area (Å²) in [7, 11) is 2.10. The molecule has 0 bridgehead atoms. The van der Waals surface area contributed by atoms with Crippen molar-refractivity contribution in [3.63, 3.8) is 0 Å². The fourth-order valence-electron chi connectivity index (χ4n) is 2.00. The molecule has 0 radical (unpaired) electrons. The van der Waals surface area contributed by atoms with Gasteiger partial charge >= 0.3 is 0 Å². The molecule has 0 spiro atoms. The third kappa shape index (κ3) is 3.66. The van der Waals surface area contributed by atoms with E-state index in [0.717, 1.165) is 24.9 Å². The highest BCUT2D eigenvalue weighted by Gasteiger charge is 2.21. The van der Waals surface area contributed by atoms with Gasteiger partial charge in [-0.1, -0.05) is 13.8 Å². The van der Waals surface area contributed by atoms with Gasteiger partial charge in [-0.15, -0.1) is 0 Å². The van der Waals surface area contributed by atoms with Crippen LogP contribution in [0.25, 0.3) is 0 Å². The summed E-state index contributed by atoms with van der Waals surface area (Å²) in [6, 6.07) is 0.721. The SMILES string of the molecule is CC(C)CN(C)c1ncncc1CNC1CC1. The van der Waals surface area contributed by atoms with Gasteiger partial charge in [-0.2, -0.15) is 0 Å². The molecule has 1 N–H and O–H groups in total. The van der Waals surface area contributed by atoms with Crippen molar-refractivity contribution < 1.29 is 0 Å². The zero-order valence-electron chi connectivity index (χ0n) is 11.0. The maximum atomic E-state index is 4.40. The quantitative estimate of drug-likeness (QED) is 0.815. The second-order valence-electron chi connectivity index (χ2n) is 5.30. The van der Waals surface area contributed by atoms with E-state index in [0.29, 0.717) is 5.92 Å². The number of nitrogens with zero attached hydrogens (tertiary/aromatic N) is 3. The second-order valence-corrected chi connectivity index (χ2v) is 5.30. The molecule has 0 aromatic carbocycles. The number of aromatic nitrogens is 2. The van der Waals surface area contributed by atoms with Gasteiger partial charge in [-0.3, -0.25) is 0 Å². The van der Waals surface area contributed by atoms with E-state index in [2.05, 4.69) is 41.1 Å². The molecule has 1 fully saturated rings. The molecule has 94 valence electrons. The van der Waals surface area contributed by atoms with Crippen LogP contribution >= 0.6 is 0 Å². The topological polar surface area (TPSA) is 41.1 Å². The van der Waals surface area contributed by atoms with Crippen LogP contribution in [0.4, 0.5) is 5.82 Å². The Labute approximate surface area is 103 Å². The molecule has 0 unspecified atom stereocenters. The van der Waals surface area contributed by atoms with Gasteiger partial charge in [0.1, 0.15) is 12.1 Å². The van der Waals surface area contributed by atoms with Crippen molar-refractivity contribution in [2.75, 3.05) is 18.5 Å². The monoisotopic (exact) mass is 234 g/mol. The Balaban J connectivity index is 2.02. The highest BCUT2D eigenvalue weighted by atomic mass is 15.2. The third-order valence-electron chi connectivity index (χ3n) is 2.92. The summed E-state index contributed by atoms with van der Waals surface area (Å²) in [5.41, 5.74) is 1.20. The van der Waals surface area contributed by atoms with E-state index >= 15 is 0 Å². The lowest BCUT2D eigenvalue weighted by atomic mass is 10.2. The van der Waals surface area contributed by atoms with Gasteiger partial charge in [0, 0.05) is 37.9 Å². The largest absolute Gasteiger partial charge is 0.359 e. The summed E-state index contributed by atoms with van der Waals surface area (Å²) in [5, 5.41) is 3.51. The molecule has 0 amide bonds. The zero-order valence-corrected chi connectivity index (χ0v) is 11.0. The molecule has 2 rings (SSSR count). The van der Waals surface area contributed by atoms with Gasteiger partial charge in [0.2, 0.25) is 0 Å². The number of rotatable bonds is 6. The summed E-state index contributed by atoms with van der Waals surface area (Å²) >= 11 is 0. The van der Waals surface area contributed by atoms with Crippen molar-refractivity contribution >= 4 is 5.82 Å². The summed E-state index contributed by atoms with van der Waals surface area (Å²) in [6.45, 7) is 6.34. The first kappa shape index (κ1) is 12.3. The molecular weight excluding hydrogens is 212 g/mol. The van der Waals surface area contributed by atoms with E-state index in [-0.39, 0.29) is 0 Å². The first-order valence-corrected chi connectivity index (χ1v) is 6.40. The minimum Gasteiger partial charge on any atom is -0.359 e. The highest BCUT2D eigenvalue weighted by Crippen LogP contribution is 2.21. The molecule has 4 nitrogen and oxygen atoms in total. The Kier molecular flexibility index (Phi) is 3.94. The van der Waals surface area contributed by atoms with E-state index in [4.69, 9.17) is 0 Å². The van der Waals surface area contributed by atoms with Crippen molar-refractivity contribution in [3.8, 4) is 0 Å². The second kappa shape index (κ2) is 5.45. The van der Waals surface area contributed by atoms with E-state index < -0.39 is 0 Å². The van der Waals surface area contributed by atoms with Crippen LogP contribution in [0.15, 0.2) is 12.5 Å². The average Bonchev–Trinajstić information content (AvgIpc) is 3.09. The Hall–Kier alpha value is -1.16. The van der Waals surface area contributed by atoms with Crippen LogP contribution in [0.3, 0.4) is 0 Å². The van der Waals surface area contributed by atoms with E-state index in [9.17, 15) is 0 Å². The summed E-state index contributed by atoms with van der Waals surface area (Å²) in [4.78, 5) is 10.8. The molecule has 17 heavy (non-hydrogen) atoms. The van der Waals surface area contributed by atoms with E-state index in [1.54, 1.807) is 6.33 Å². The standard InChI is InChI=1S/C13H22N4/c1-10(2)8-17(3)13-11(6-14-9-16-13)7-15-12-4-5-12/h6,9-10,12,15H,4-5,7-8H2,1-3H3. The predicted octanol–water partition coefficient (Wildman–Crippen LogP) is 1.82. The van der Waals surface area contributed by atoms with Crippen LogP contribution in [0.1, 0.15) is 32.3 Å². The minimum absolute atomic E-state index is 0.638. The molecule has 4 heteroatoms. The fourth-order valence-corrected chi connectivity index (χ4v) is 2.00. The first-order chi connectivity index (χ1) is 8.16. The number of hydrogen-bond acceptors (Lipinski definition) is 4. The van der Waals surface area contributed by atoms with Crippen molar-refractivity contribution in [1.82, 2.24) is 15.3 Å². The average molecular weight is 234 g/mol. The molecule has 1 aromatic rings. The maximum Gasteiger partial charge on any atom is 0.136 e. The number of hydrogen-bond donors (Lipinski definition) is 1. The van der Waals surface area contributed by atoms with Crippen molar-refractivity contribution in [2.24, 2.45) is 5.92 Å². The first-order valence-electron chi connectivity index (χ1n) is 6.40. The van der Waals surface area contributed by atoms with Gasteiger partial charge in [0.05, 0.1) is 0 Å². The Morgan fingerprint density at radius 3 is 2.88 bits per heavy atom. The van der Waals surface area contributed by atoms with Gasteiger partial charge < -0.3 is 10.2 Å². The number of nitrogens with one attached hydrogen (secondary N) is 1. The summed E-state index contributed by atoms with van der Waals surface area (Å²) in [5.74, 6) is 1.70. The predicted molar refractivity (Wildman–Crippen MR) is 70.0 cm³/mol. The van der Waals surface area contributed by atoms with Gasteiger partial charge in [0.25, 0.3) is 0 Å².